The summed E-state index contributed by atoms with van der Waals surface area (Å²) >= 11 is 0. The summed E-state index contributed by atoms with van der Waals surface area (Å²) in [6.07, 6.45) is 13.6. The van der Waals surface area contributed by atoms with Gasteiger partial charge in [0, 0.05) is 17.1 Å². The van der Waals surface area contributed by atoms with Crippen molar-refractivity contribution in [2.45, 2.75) is 27.7 Å². The highest BCUT2D eigenvalue weighted by Crippen LogP contribution is 2.40. The first kappa shape index (κ1) is 40.0. The van der Waals surface area contributed by atoms with Crippen molar-refractivity contribution in [2.75, 3.05) is 4.90 Å². The van der Waals surface area contributed by atoms with Gasteiger partial charge in [0.15, 0.2) is 0 Å². The van der Waals surface area contributed by atoms with Crippen molar-refractivity contribution in [1.29, 1.82) is 0 Å². The lowest BCUT2D eigenvalue weighted by molar-refractivity contribution is 1.14. The van der Waals surface area contributed by atoms with E-state index in [0.29, 0.717) is 0 Å². The molecule has 0 aliphatic heterocycles. The van der Waals surface area contributed by atoms with Crippen molar-refractivity contribution in [2.24, 2.45) is 0 Å². The number of anilines is 1. The number of allylic oxidation sites excluding steroid dienone is 7. The van der Waals surface area contributed by atoms with Gasteiger partial charge in [-0.25, -0.2) is 0 Å². The van der Waals surface area contributed by atoms with Crippen LogP contribution in [-0.4, -0.2) is 0 Å². The van der Waals surface area contributed by atoms with Gasteiger partial charge in [-0.05, 0) is 159 Å². The summed E-state index contributed by atoms with van der Waals surface area (Å²) in [6.45, 7) is 20.5. The summed E-state index contributed by atoms with van der Waals surface area (Å²) in [6, 6.07) is 57.1. The number of nitrogens with zero attached hydrogens (tertiary/aromatic N) is 1. The van der Waals surface area contributed by atoms with E-state index < -0.39 is 0 Å². The smallest absolute Gasteiger partial charge is 0.0467 e. The number of hydrogen-bond donors (Lipinski definition) is 0. The molecule has 0 saturated carbocycles. The van der Waals surface area contributed by atoms with Crippen LogP contribution in [0.3, 0.4) is 0 Å². The van der Waals surface area contributed by atoms with Crippen LogP contribution >= 0.6 is 0 Å². The lowest BCUT2D eigenvalue weighted by atomic mass is 9.89. The highest BCUT2D eigenvalue weighted by Gasteiger charge is 2.16. The minimum absolute atomic E-state index is 0.922. The molecule has 8 aromatic carbocycles. The summed E-state index contributed by atoms with van der Waals surface area (Å²) in [5.41, 5.74) is 14.1. The second kappa shape index (κ2) is 18.4. The van der Waals surface area contributed by atoms with Gasteiger partial charge in [-0.2, -0.15) is 0 Å². The Hall–Kier alpha value is -7.22. The van der Waals surface area contributed by atoms with Crippen molar-refractivity contribution in [1.82, 2.24) is 0 Å². The van der Waals surface area contributed by atoms with Crippen molar-refractivity contribution in [3.63, 3.8) is 0 Å². The molecule has 8 aromatic rings. The summed E-state index contributed by atoms with van der Waals surface area (Å²) < 4.78 is 0. The van der Waals surface area contributed by atoms with E-state index in [9.17, 15) is 0 Å². The molecule has 0 saturated heterocycles. The van der Waals surface area contributed by atoms with Crippen LogP contribution < -0.4 is 4.90 Å². The molecule has 0 radical (unpaired) electrons. The topological polar surface area (TPSA) is 3.24 Å². The van der Waals surface area contributed by atoms with Gasteiger partial charge >= 0.3 is 0 Å². The van der Waals surface area contributed by atoms with Crippen LogP contribution in [0.5, 0.6) is 0 Å². The Labute approximate surface area is 350 Å². The highest BCUT2D eigenvalue weighted by molar-refractivity contribution is 6.26. The molecule has 0 fully saturated rings. The third-order valence-corrected chi connectivity index (χ3v) is 10.9. The number of fused-ring (bicyclic) bond motifs is 6. The van der Waals surface area contributed by atoms with Gasteiger partial charge in [-0.15, -0.1) is 0 Å². The molecule has 0 aliphatic rings. The highest BCUT2D eigenvalue weighted by atomic mass is 15.1. The van der Waals surface area contributed by atoms with Gasteiger partial charge in [0.1, 0.15) is 0 Å². The molecule has 0 amide bonds. The van der Waals surface area contributed by atoms with Gasteiger partial charge in [0.05, 0.1) is 0 Å². The molecule has 0 unspecified atom stereocenters. The van der Waals surface area contributed by atoms with E-state index in [-0.39, 0.29) is 0 Å². The Morgan fingerprint density at radius 2 is 0.966 bits per heavy atom. The molecule has 1 heteroatoms. The van der Waals surface area contributed by atoms with Gasteiger partial charge in [-0.1, -0.05) is 171 Å². The maximum absolute atomic E-state index is 4.11. The fourth-order valence-corrected chi connectivity index (χ4v) is 7.94. The van der Waals surface area contributed by atoms with E-state index in [1.165, 1.54) is 71.3 Å². The van der Waals surface area contributed by atoms with Crippen molar-refractivity contribution < 1.29 is 0 Å². The fourth-order valence-electron chi connectivity index (χ4n) is 7.94. The first-order valence-corrected chi connectivity index (χ1v) is 20.2. The largest absolute Gasteiger partial charge is 0.311 e. The zero-order valence-electron chi connectivity index (χ0n) is 34.6. The normalized spacial score (nSPS) is 11.7. The van der Waals surface area contributed by atoms with Crippen LogP contribution in [0.25, 0.3) is 65.7 Å². The minimum Gasteiger partial charge on any atom is -0.311 e. The third kappa shape index (κ3) is 8.56. The third-order valence-electron chi connectivity index (χ3n) is 10.9. The van der Waals surface area contributed by atoms with E-state index in [2.05, 4.69) is 191 Å². The summed E-state index contributed by atoms with van der Waals surface area (Å²) in [7, 11) is 0. The first-order valence-electron chi connectivity index (χ1n) is 20.2. The Morgan fingerprint density at radius 1 is 0.441 bits per heavy atom. The quantitative estimate of drug-likeness (QED) is 0.0991. The van der Waals surface area contributed by atoms with Gasteiger partial charge in [-0.3, -0.25) is 0 Å². The van der Waals surface area contributed by atoms with Crippen LogP contribution in [0.15, 0.2) is 231 Å². The zero-order valence-corrected chi connectivity index (χ0v) is 34.6. The lowest BCUT2D eigenvalue weighted by Gasteiger charge is -2.27. The molecule has 288 valence electrons. The Bertz CT molecular complexity index is 2900. The number of rotatable bonds is 10. The molecule has 0 aliphatic carbocycles. The predicted octanol–water partition coefficient (Wildman–Crippen LogP) is 16.5. The lowest BCUT2D eigenvalue weighted by Crippen LogP contribution is -2.19. The molecule has 0 spiro atoms. The summed E-state index contributed by atoms with van der Waals surface area (Å²) in [5, 5.41) is 7.52. The van der Waals surface area contributed by atoms with Crippen molar-refractivity contribution in [3.05, 3.63) is 248 Å². The Balaban J connectivity index is 0.000000684. The van der Waals surface area contributed by atoms with Gasteiger partial charge < -0.3 is 4.90 Å². The van der Waals surface area contributed by atoms with E-state index in [4.69, 9.17) is 0 Å². The first-order chi connectivity index (χ1) is 28.8. The molecule has 0 N–H and O–H groups in total. The molecule has 0 atom stereocenters. The molecule has 0 bridgehead atoms. The Morgan fingerprint density at radius 3 is 1.54 bits per heavy atom. The molecule has 1 nitrogen and oxygen atoms in total. The van der Waals surface area contributed by atoms with E-state index in [1.807, 2.05) is 55.5 Å². The van der Waals surface area contributed by atoms with E-state index in [0.717, 1.165) is 28.2 Å². The zero-order chi connectivity index (χ0) is 41.3. The molecule has 59 heavy (non-hydrogen) atoms. The van der Waals surface area contributed by atoms with Crippen LogP contribution in [0, 0.1) is 20.8 Å². The summed E-state index contributed by atoms with van der Waals surface area (Å²) in [4.78, 5) is 2.18. The molecule has 0 aromatic heterocycles. The van der Waals surface area contributed by atoms with Crippen LogP contribution in [-0.2, 0) is 0 Å². The summed E-state index contributed by atoms with van der Waals surface area (Å²) in [5.74, 6) is 0. The van der Waals surface area contributed by atoms with E-state index in [1.54, 1.807) is 6.08 Å². The maximum atomic E-state index is 4.11. The van der Waals surface area contributed by atoms with E-state index >= 15 is 0 Å². The van der Waals surface area contributed by atoms with Gasteiger partial charge in [0.25, 0.3) is 0 Å². The maximum Gasteiger partial charge on any atom is 0.0467 e. The average molecular weight is 762 g/mol. The fraction of sp³-hybridized carbons (Fsp3) is 0.0690. The molecule has 8 rings (SSSR count). The number of aryl methyl sites for hydroxylation is 3. The number of hydrogen-bond acceptors (Lipinski definition) is 1. The van der Waals surface area contributed by atoms with Crippen molar-refractivity contribution in [3.8, 4) is 33.4 Å². The second-order valence-corrected chi connectivity index (χ2v) is 14.8. The molecular formula is C58H51N. The number of benzene rings is 8. The predicted molar refractivity (Wildman–Crippen MR) is 260 cm³/mol. The second-order valence-electron chi connectivity index (χ2n) is 14.8. The Kier molecular flexibility index (Phi) is 12.4. The van der Waals surface area contributed by atoms with Crippen LogP contribution in [0.2, 0.25) is 0 Å². The van der Waals surface area contributed by atoms with Gasteiger partial charge in [0.2, 0.25) is 0 Å². The molecule has 0 heterocycles. The molecular weight excluding hydrogens is 711 g/mol. The minimum atomic E-state index is 0.922. The standard InChI is InChI=1S/C51H43N.C7H8/c1-7-16-41(10-4)52(42(17-8-2)18-9-3)43-21-15-20-37(31-43)39-27-29-47-48-30-28-40(34-51(48)46-24-14-13-23-45(46)50(47)33-39)38-26-25-36(6)49(32-38)44-22-12-11-19-35(44)5;1-7-5-3-2-4-6-7/h7-34H,1-2,4H2,3,5-6H3;2-6H,1H3/b18-9-,41-16+,42-17+;. The average Bonchev–Trinajstić information content (AvgIpc) is 3.27. The monoisotopic (exact) mass is 761 g/mol. The van der Waals surface area contributed by atoms with Crippen LogP contribution in [0.1, 0.15) is 23.6 Å². The van der Waals surface area contributed by atoms with Crippen LogP contribution in [0.4, 0.5) is 5.69 Å². The SMILES string of the molecule is C=C/C=C(\C=C)N(C(/C=C\C)=C/C=C)c1cccc(-c2ccc3c4ccc(-c5ccc(C)c(-c6ccccc6C)c5)cc4c4ccccc4c3c2)c1.Cc1ccccc1. The van der Waals surface area contributed by atoms with Crippen molar-refractivity contribution >= 4 is 38.0 Å².